The summed E-state index contributed by atoms with van der Waals surface area (Å²) in [5.74, 6) is 1.44. The zero-order chi connectivity index (χ0) is 12.3. The maximum absolute atomic E-state index is 5.68. The quantitative estimate of drug-likeness (QED) is 0.830. The molecule has 0 radical (unpaired) electrons. The van der Waals surface area contributed by atoms with Crippen molar-refractivity contribution in [1.82, 2.24) is 4.98 Å². The van der Waals surface area contributed by atoms with Crippen molar-refractivity contribution in [3.8, 4) is 11.6 Å². The van der Waals surface area contributed by atoms with Gasteiger partial charge in [-0.3, -0.25) is 0 Å². The van der Waals surface area contributed by atoms with Crippen molar-refractivity contribution in [3.63, 3.8) is 0 Å². The van der Waals surface area contributed by atoms with E-state index in [9.17, 15) is 0 Å². The first-order valence-corrected chi connectivity index (χ1v) is 6.37. The Labute approximate surface area is 110 Å². The molecule has 0 aliphatic heterocycles. The number of rotatable bonds is 3. The average molecular weight is 292 g/mol. The Hall–Kier alpha value is -1.35. The molecule has 2 nitrogen and oxygen atoms in total. The van der Waals surface area contributed by atoms with E-state index in [0.717, 1.165) is 22.2 Å². The Morgan fingerprint density at radius 3 is 2.53 bits per heavy atom. The lowest BCUT2D eigenvalue weighted by Crippen LogP contribution is -1.89. The van der Waals surface area contributed by atoms with Gasteiger partial charge in [0.1, 0.15) is 5.75 Å². The first-order valence-electron chi connectivity index (χ1n) is 5.58. The van der Waals surface area contributed by atoms with E-state index in [4.69, 9.17) is 4.74 Å². The largest absolute Gasteiger partial charge is 0.439 e. The van der Waals surface area contributed by atoms with Crippen LogP contribution in [0.25, 0.3) is 0 Å². The monoisotopic (exact) mass is 291 g/mol. The second kappa shape index (κ2) is 5.32. The maximum Gasteiger partial charge on any atom is 0.219 e. The summed E-state index contributed by atoms with van der Waals surface area (Å²) in [6.45, 7) is 4.15. The topological polar surface area (TPSA) is 22.1 Å². The molecule has 1 aromatic carbocycles. The van der Waals surface area contributed by atoms with Crippen molar-refractivity contribution in [2.24, 2.45) is 0 Å². The molecule has 0 saturated heterocycles. The van der Waals surface area contributed by atoms with E-state index in [-0.39, 0.29) is 0 Å². The van der Waals surface area contributed by atoms with Crippen LogP contribution in [0.4, 0.5) is 0 Å². The first kappa shape index (κ1) is 12.1. The lowest BCUT2D eigenvalue weighted by atomic mass is 10.2. The molecule has 3 heteroatoms. The number of aryl methyl sites for hydroxylation is 2. The predicted octanol–water partition coefficient (Wildman–Crippen LogP) is 4.51. The molecule has 0 fully saturated rings. The van der Waals surface area contributed by atoms with Gasteiger partial charge in [-0.1, -0.05) is 19.1 Å². The molecule has 17 heavy (non-hydrogen) atoms. The van der Waals surface area contributed by atoms with Gasteiger partial charge in [-0.2, -0.15) is 0 Å². The number of hydrogen-bond donors (Lipinski definition) is 0. The average Bonchev–Trinajstić information content (AvgIpc) is 2.35. The molecule has 88 valence electrons. The number of pyridine rings is 1. The third-order valence-electron chi connectivity index (χ3n) is 2.58. The molecule has 0 aliphatic carbocycles. The molecule has 0 unspecified atom stereocenters. The highest BCUT2D eigenvalue weighted by molar-refractivity contribution is 9.10. The van der Waals surface area contributed by atoms with Crippen LogP contribution >= 0.6 is 15.9 Å². The molecule has 0 bridgehead atoms. The van der Waals surface area contributed by atoms with Gasteiger partial charge in [-0.05, 0) is 52.5 Å². The molecule has 1 heterocycles. The molecule has 0 atom stereocenters. The van der Waals surface area contributed by atoms with Crippen molar-refractivity contribution in [2.45, 2.75) is 20.3 Å². The van der Waals surface area contributed by atoms with Crippen LogP contribution in [0.1, 0.15) is 18.1 Å². The van der Waals surface area contributed by atoms with E-state index < -0.39 is 0 Å². The molecule has 0 spiro atoms. The van der Waals surface area contributed by atoms with Gasteiger partial charge >= 0.3 is 0 Å². The zero-order valence-corrected chi connectivity index (χ0v) is 11.5. The Morgan fingerprint density at radius 1 is 1.24 bits per heavy atom. The van der Waals surface area contributed by atoms with Gasteiger partial charge in [0, 0.05) is 16.7 Å². The number of aromatic nitrogens is 1. The summed E-state index contributed by atoms with van der Waals surface area (Å²) in [4.78, 5) is 4.21. The van der Waals surface area contributed by atoms with Crippen LogP contribution < -0.4 is 4.74 Å². The highest BCUT2D eigenvalue weighted by Crippen LogP contribution is 2.23. The summed E-state index contributed by atoms with van der Waals surface area (Å²) in [5.41, 5.74) is 2.41. The molecule has 1 aromatic heterocycles. The fourth-order valence-electron chi connectivity index (χ4n) is 1.48. The molecule has 0 saturated carbocycles. The van der Waals surface area contributed by atoms with Gasteiger partial charge in [-0.25, -0.2) is 4.98 Å². The van der Waals surface area contributed by atoms with Crippen LogP contribution in [0.5, 0.6) is 11.6 Å². The lowest BCUT2D eigenvalue weighted by molar-refractivity contribution is 0.462. The van der Waals surface area contributed by atoms with Crippen LogP contribution in [-0.2, 0) is 6.42 Å². The number of nitrogens with zero attached hydrogens (tertiary/aromatic N) is 1. The Balaban J connectivity index is 2.16. The molecular weight excluding hydrogens is 278 g/mol. The van der Waals surface area contributed by atoms with E-state index >= 15 is 0 Å². The summed E-state index contributed by atoms with van der Waals surface area (Å²) in [6, 6.07) is 10.00. The van der Waals surface area contributed by atoms with E-state index in [2.05, 4.69) is 40.0 Å². The van der Waals surface area contributed by atoms with Crippen LogP contribution in [0, 0.1) is 6.92 Å². The number of hydrogen-bond acceptors (Lipinski definition) is 2. The molecule has 0 aliphatic rings. The normalized spacial score (nSPS) is 10.3. The van der Waals surface area contributed by atoms with E-state index in [1.54, 1.807) is 6.20 Å². The molecule has 2 rings (SSSR count). The third kappa shape index (κ3) is 3.07. The molecule has 0 amide bonds. The van der Waals surface area contributed by atoms with Crippen LogP contribution in [0.2, 0.25) is 0 Å². The second-order valence-corrected chi connectivity index (χ2v) is 4.73. The standard InChI is InChI=1S/C14H14BrNO/c1-3-11-4-6-12(7-5-11)17-14-8-10(2)13(15)9-16-14/h4-9H,3H2,1-2H3. The zero-order valence-electron chi connectivity index (χ0n) is 9.90. The van der Waals surface area contributed by atoms with E-state index in [1.807, 2.05) is 25.1 Å². The van der Waals surface area contributed by atoms with Crippen LogP contribution in [-0.4, -0.2) is 4.98 Å². The van der Waals surface area contributed by atoms with Crippen LogP contribution in [0.3, 0.4) is 0 Å². The highest BCUT2D eigenvalue weighted by Gasteiger charge is 2.01. The maximum atomic E-state index is 5.68. The fourth-order valence-corrected chi connectivity index (χ4v) is 1.70. The Bertz CT molecular complexity index is 508. The summed E-state index contributed by atoms with van der Waals surface area (Å²) in [5, 5.41) is 0. The minimum Gasteiger partial charge on any atom is -0.439 e. The lowest BCUT2D eigenvalue weighted by Gasteiger charge is -2.06. The first-order chi connectivity index (χ1) is 8.19. The number of benzene rings is 1. The third-order valence-corrected chi connectivity index (χ3v) is 3.41. The van der Waals surface area contributed by atoms with Gasteiger partial charge in [-0.15, -0.1) is 0 Å². The number of ether oxygens (including phenoxy) is 1. The summed E-state index contributed by atoms with van der Waals surface area (Å²) in [7, 11) is 0. The Morgan fingerprint density at radius 2 is 1.94 bits per heavy atom. The molecular formula is C14H14BrNO. The molecule has 2 aromatic rings. The van der Waals surface area contributed by atoms with Crippen LogP contribution in [0.15, 0.2) is 41.0 Å². The minimum absolute atomic E-state index is 0.620. The van der Waals surface area contributed by atoms with Gasteiger partial charge in [0.2, 0.25) is 5.88 Å². The summed E-state index contributed by atoms with van der Waals surface area (Å²) in [6.07, 6.45) is 2.79. The van der Waals surface area contributed by atoms with Gasteiger partial charge in [0.25, 0.3) is 0 Å². The predicted molar refractivity (Wildman–Crippen MR) is 72.6 cm³/mol. The van der Waals surface area contributed by atoms with Gasteiger partial charge < -0.3 is 4.74 Å². The van der Waals surface area contributed by atoms with E-state index in [1.165, 1.54) is 5.56 Å². The summed E-state index contributed by atoms with van der Waals surface area (Å²) >= 11 is 3.42. The fraction of sp³-hybridized carbons (Fsp3) is 0.214. The molecule has 0 N–H and O–H groups in total. The highest BCUT2D eigenvalue weighted by atomic mass is 79.9. The second-order valence-electron chi connectivity index (χ2n) is 3.87. The van der Waals surface area contributed by atoms with Gasteiger partial charge in [0.05, 0.1) is 0 Å². The Kier molecular flexibility index (Phi) is 3.79. The van der Waals surface area contributed by atoms with Gasteiger partial charge in [0.15, 0.2) is 0 Å². The SMILES string of the molecule is CCc1ccc(Oc2cc(C)c(Br)cn2)cc1. The van der Waals surface area contributed by atoms with Crippen molar-refractivity contribution in [1.29, 1.82) is 0 Å². The summed E-state index contributed by atoms with van der Waals surface area (Å²) < 4.78 is 6.67. The van der Waals surface area contributed by atoms with Crippen molar-refractivity contribution in [3.05, 3.63) is 52.1 Å². The van der Waals surface area contributed by atoms with E-state index in [0.29, 0.717) is 5.88 Å². The number of halogens is 1. The van der Waals surface area contributed by atoms with Crippen molar-refractivity contribution in [2.75, 3.05) is 0 Å². The minimum atomic E-state index is 0.620. The van der Waals surface area contributed by atoms with Crippen molar-refractivity contribution >= 4 is 15.9 Å². The van der Waals surface area contributed by atoms with Crippen molar-refractivity contribution < 1.29 is 4.74 Å². The smallest absolute Gasteiger partial charge is 0.219 e.